The molecular formula is C17H28N7O3P. The maximum absolute atomic E-state index is 11.3. The molecular weight excluding hydrogens is 381 g/mol. The number of anilines is 1. The molecule has 11 heteroatoms. The van der Waals surface area contributed by atoms with Crippen LogP contribution in [0.3, 0.4) is 0 Å². The van der Waals surface area contributed by atoms with Crippen molar-refractivity contribution in [2.75, 3.05) is 12.1 Å². The first kappa shape index (κ1) is 22.3. The van der Waals surface area contributed by atoms with E-state index < -0.39 is 19.3 Å². The van der Waals surface area contributed by atoms with E-state index in [9.17, 15) is 9.59 Å². The summed E-state index contributed by atoms with van der Waals surface area (Å²) >= 11 is 0. The van der Waals surface area contributed by atoms with Gasteiger partial charge in [0.2, 0.25) is 0 Å². The van der Waals surface area contributed by atoms with Gasteiger partial charge in [-0.15, -0.1) is 0 Å². The van der Waals surface area contributed by atoms with Crippen LogP contribution in [0, 0.1) is 0 Å². The number of hydrogen-bond acceptors (Lipinski definition) is 9. The van der Waals surface area contributed by atoms with Gasteiger partial charge in [-0.05, 0) is 34.6 Å². The van der Waals surface area contributed by atoms with Crippen molar-refractivity contribution in [3.63, 3.8) is 0 Å². The zero-order chi connectivity index (χ0) is 20.9. The third-order valence-corrected chi connectivity index (χ3v) is 5.91. The first-order valence-electron chi connectivity index (χ1n) is 8.85. The van der Waals surface area contributed by atoms with Gasteiger partial charge in [-0.1, -0.05) is 0 Å². The first-order chi connectivity index (χ1) is 13.1. The monoisotopic (exact) mass is 409 g/mol. The molecule has 0 fully saturated rings. The van der Waals surface area contributed by atoms with Gasteiger partial charge in [0.1, 0.15) is 24.4 Å². The lowest BCUT2D eigenvalue weighted by Crippen LogP contribution is -2.46. The summed E-state index contributed by atoms with van der Waals surface area (Å²) in [7, 11) is -1.14. The van der Waals surface area contributed by atoms with Crippen LogP contribution in [0.15, 0.2) is 12.7 Å². The van der Waals surface area contributed by atoms with Gasteiger partial charge >= 0.3 is 0 Å². The van der Waals surface area contributed by atoms with Crippen LogP contribution >= 0.6 is 8.22 Å². The number of aldehydes is 2. The summed E-state index contributed by atoms with van der Waals surface area (Å²) in [6.07, 6.45) is 4.87. The van der Waals surface area contributed by atoms with Crippen LogP contribution < -0.4 is 15.9 Å². The third-order valence-electron chi connectivity index (χ3n) is 3.81. The predicted octanol–water partition coefficient (Wildman–Crippen LogP) is 1.22. The molecule has 4 N–H and O–H groups in total. The molecule has 0 radical (unpaired) electrons. The van der Waals surface area contributed by atoms with Gasteiger partial charge in [-0.2, -0.15) is 0 Å². The maximum atomic E-state index is 11.3. The van der Waals surface area contributed by atoms with Gasteiger partial charge in [-0.25, -0.2) is 15.0 Å². The van der Waals surface area contributed by atoms with E-state index >= 15 is 0 Å². The van der Waals surface area contributed by atoms with Crippen LogP contribution in [0.4, 0.5) is 5.82 Å². The van der Waals surface area contributed by atoms with E-state index in [0.29, 0.717) is 29.9 Å². The lowest BCUT2D eigenvalue weighted by molar-refractivity contribution is -0.112. The molecule has 0 aliphatic rings. The van der Waals surface area contributed by atoms with Gasteiger partial charge < -0.3 is 24.6 Å². The summed E-state index contributed by atoms with van der Waals surface area (Å²) < 4.78 is 7.84. The van der Waals surface area contributed by atoms with E-state index in [1.54, 1.807) is 34.0 Å². The highest BCUT2D eigenvalue weighted by Crippen LogP contribution is 2.32. The average molecular weight is 409 g/mol. The normalized spacial score (nSPS) is 13.8. The van der Waals surface area contributed by atoms with Crippen molar-refractivity contribution in [3.8, 4) is 0 Å². The van der Waals surface area contributed by atoms with Crippen molar-refractivity contribution >= 4 is 37.8 Å². The molecule has 1 atom stereocenters. The van der Waals surface area contributed by atoms with Crippen molar-refractivity contribution < 1.29 is 14.3 Å². The second kappa shape index (κ2) is 9.00. The highest BCUT2D eigenvalue weighted by atomic mass is 31.1. The number of aromatic nitrogens is 4. The van der Waals surface area contributed by atoms with Gasteiger partial charge in [0, 0.05) is 0 Å². The number of ether oxygens (including phenoxy) is 1. The van der Waals surface area contributed by atoms with E-state index in [4.69, 9.17) is 10.5 Å². The molecule has 0 saturated heterocycles. The summed E-state index contributed by atoms with van der Waals surface area (Å²) in [5.41, 5.74) is 5.54. The topological polar surface area (TPSA) is 137 Å². The first-order valence-corrected chi connectivity index (χ1v) is 10.4. The molecule has 2 rings (SSSR count). The largest absolute Gasteiger partial charge is 0.382 e. The molecule has 2 aromatic rings. The molecule has 0 spiro atoms. The molecule has 0 saturated carbocycles. The van der Waals surface area contributed by atoms with Gasteiger partial charge in [-0.3, -0.25) is 10.2 Å². The van der Waals surface area contributed by atoms with E-state index in [-0.39, 0.29) is 6.10 Å². The minimum atomic E-state index is -1.14. The Kier molecular flexibility index (Phi) is 7.16. The maximum Gasteiger partial charge on any atom is 0.165 e. The Bertz CT molecular complexity index is 802. The number of hydrogen-bond donors (Lipinski definition) is 3. The van der Waals surface area contributed by atoms with E-state index in [1.807, 2.05) is 11.5 Å². The molecule has 0 bridgehead atoms. The molecule has 0 aromatic carbocycles. The Labute approximate surface area is 165 Å². The quantitative estimate of drug-likeness (QED) is 0.369. The fourth-order valence-corrected chi connectivity index (χ4v) is 4.49. The molecule has 154 valence electrons. The number of carbonyl (C=O) groups excluding carboxylic acids is 2. The number of nitrogens with one attached hydrogen (secondary N) is 2. The van der Waals surface area contributed by atoms with Gasteiger partial charge in [0.25, 0.3) is 0 Å². The summed E-state index contributed by atoms with van der Waals surface area (Å²) in [5.74, 6) is 0.335. The Morgan fingerprint density at radius 3 is 2.36 bits per heavy atom. The highest BCUT2D eigenvalue weighted by molar-refractivity contribution is 7.53. The molecule has 0 aliphatic heterocycles. The van der Waals surface area contributed by atoms with Crippen LogP contribution in [0.5, 0.6) is 0 Å². The minimum Gasteiger partial charge on any atom is -0.382 e. The number of imidazole rings is 1. The molecule has 1 unspecified atom stereocenters. The summed E-state index contributed by atoms with van der Waals surface area (Å²) in [5, 5.41) is 6.46. The number of nitrogen functional groups attached to an aromatic ring is 1. The lowest BCUT2D eigenvalue weighted by atomic mass is 10.1. The Balaban J connectivity index is 2.03. The predicted molar refractivity (Wildman–Crippen MR) is 109 cm³/mol. The molecule has 28 heavy (non-hydrogen) atoms. The second-order valence-corrected chi connectivity index (χ2v) is 9.33. The molecule has 0 aliphatic carbocycles. The molecule has 10 nitrogen and oxygen atoms in total. The molecule has 2 heterocycles. The zero-order valence-electron chi connectivity index (χ0n) is 16.8. The van der Waals surface area contributed by atoms with Gasteiger partial charge in [0.15, 0.2) is 11.5 Å². The van der Waals surface area contributed by atoms with Crippen molar-refractivity contribution in [3.05, 3.63) is 12.7 Å². The SMILES string of the molecule is CC(Cn1cnc2c(N)ncnc21)OCP(NC(C)(C)C=O)NC(C)(C)C=O. The number of fused-ring (bicyclic) bond motifs is 1. The van der Waals surface area contributed by atoms with Crippen LogP contribution in [-0.4, -0.2) is 55.6 Å². The molecule has 0 amide bonds. The number of nitrogens with zero attached hydrogens (tertiary/aromatic N) is 4. The lowest BCUT2D eigenvalue weighted by Gasteiger charge is -2.33. The van der Waals surface area contributed by atoms with Crippen molar-refractivity contribution in [1.29, 1.82) is 0 Å². The zero-order valence-corrected chi connectivity index (χ0v) is 17.7. The van der Waals surface area contributed by atoms with Crippen molar-refractivity contribution in [2.24, 2.45) is 0 Å². The number of rotatable bonds is 11. The Hall–Kier alpha value is -2.00. The van der Waals surface area contributed by atoms with Crippen molar-refractivity contribution in [1.82, 2.24) is 29.7 Å². The van der Waals surface area contributed by atoms with Gasteiger partial charge in [0.05, 0.1) is 44.6 Å². The fraction of sp³-hybridized carbons (Fsp3) is 0.588. The smallest absolute Gasteiger partial charge is 0.165 e. The van der Waals surface area contributed by atoms with E-state index in [2.05, 4.69) is 25.1 Å². The van der Waals surface area contributed by atoms with Crippen LogP contribution in [0.2, 0.25) is 0 Å². The standard InChI is InChI=1S/C17H28N7O3P/c1-12(6-24-10-21-13-14(18)19-9-20-15(13)24)27-11-28(22-16(2,3)7-25)23-17(4,5)8-26/h7-10,12,22-23H,6,11H2,1-5H3,(H2,18,19,20). The minimum absolute atomic E-state index is 0.166. The fourth-order valence-electron chi connectivity index (χ4n) is 2.40. The molecule has 2 aromatic heterocycles. The number of carbonyl (C=O) groups is 2. The van der Waals surface area contributed by atoms with Crippen molar-refractivity contribution in [2.45, 2.75) is 58.3 Å². The number of nitrogens with two attached hydrogens (primary N) is 1. The Morgan fingerprint density at radius 1 is 1.18 bits per heavy atom. The second-order valence-electron chi connectivity index (χ2n) is 7.77. The van der Waals surface area contributed by atoms with E-state index in [0.717, 1.165) is 12.6 Å². The summed E-state index contributed by atoms with van der Waals surface area (Å²) in [6, 6.07) is 0. The van der Waals surface area contributed by atoms with Crippen LogP contribution in [0.25, 0.3) is 11.2 Å². The average Bonchev–Trinajstić information content (AvgIpc) is 3.03. The van der Waals surface area contributed by atoms with Crippen LogP contribution in [-0.2, 0) is 20.9 Å². The van der Waals surface area contributed by atoms with Crippen LogP contribution in [0.1, 0.15) is 34.6 Å². The summed E-state index contributed by atoms with van der Waals surface area (Å²) in [4.78, 5) is 35.0. The third kappa shape index (κ3) is 6.00. The van der Waals surface area contributed by atoms with E-state index in [1.165, 1.54) is 6.33 Å². The Morgan fingerprint density at radius 2 is 1.79 bits per heavy atom. The highest BCUT2D eigenvalue weighted by Gasteiger charge is 2.27. The summed E-state index contributed by atoms with van der Waals surface area (Å²) in [6.45, 7) is 9.54.